The molecule has 7 nitrogen and oxygen atoms in total. The molecule has 0 unspecified atom stereocenters. The fraction of sp³-hybridized carbons (Fsp3) is 0.529. The smallest absolute Gasteiger partial charge is 0.224 e. The predicted octanol–water partition coefficient (Wildman–Crippen LogP) is 1.13. The van der Waals surface area contributed by atoms with E-state index in [2.05, 4.69) is 16.5 Å². The van der Waals surface area contributed by atoms with Gasteiger partial charge in [-0.1, -0.05) is 19.1 Å². The Labute approximate surface area is 147 Å². The zero-order valence-electron chi connectivity index (χ0n) is 14.4. The number of sulfonamides is 1. The van der Waals surface area contributed by atoms with Crippen molar-refractivity contribution in [2.75, 3.05) is 18.8 Å². The minimum atomic E-state index is -3.49. The Morgan fingerprint density at radius 1 is 1.36 bits per heavy atom. The molecule has 1 aromatic heterocycles. The number of primary sulfonamides is 1. The first-order chi connectivity index (χ1) is 11.9. The maximum Gasteiger partial charge on any atom is 0.224 e. The van der Waals surface area contributed by atoms with Gasteiger partial charge in [-0.05, 0) is 24.5 Å². The van der Waals surface area contributed by atoms with Crippen molar-refractivity contribution >= 4 is 27.0 Å². The second kappa shape index (κ2) is 7.13. The van der Waals surface area contributed by atoms with E-state index in [1.807, 2.05) is 24.3 Å². The number of aryl methyl sites for hydroxylation is 2. The molecule has 2 N–H and O–H groups in total. The second-order valence-corrected chi connectivity index (χ2v) is 8.25. The lowest BCUT2D eigenvalue weighted by Crippen LogP contribution is -2.31. The van der Waals surface area contributed by atoms with Crippen LogP contribution in [0.25, 0.3) is 11.0 Å². The summed E-state index contributed by atoms with van der Waals surface area (Å²) in [5, 5.41) is 5.10. The van der Waals surface area contributed by atoms with E-state index in [-0.39, 0.29) is 17.6 Å². The number of para-hydroxylation sites is 2. The molecule has 2 aromatic rings. The molecule has 1 amide bonds. The van der Waals surface area contributed by atoms with Gasteiger partial charge in [0.15, 0.2) is 0 Å². The lowest BCUT2D eigenvalue weighted by molar-refractivity contribution is -0.130. The Kier molecular flexibility index (Phi) is 5.10. The summed E-state index contributed by atoms with van der Waals surface area (Å²) in [6.45, 7) is 3.71. The van der Waals surface area contributed by atoms with E-state index in [4.69, 9.17) is 5.14 Å². The van der Waals surface area contributed by atoms with Crippen molar-refractivity contribution in [3.05, 3.63) is 30.1 Å². The molecule has 1 atom stereocenters. The zero-order chi connectivity index (χ0) is 18.0. The van der Waals surface area contributed by atoms with Crippen LogP contribution in [0.15, 0.2) is 24.3 Å². The van der Waals surface area contributed by atoms with Crippen LogP contribution in [-0.2, 0) is 27.8 Å². The van der Waals surface area contributed by atoms with Crippen molar-refractivity contribution in [3.63, 3.8) is 0 Å². The Morgan fingerprint density at radius 2 is 2.12 bits per heavy atom. The third-order valence-corrected chi connectivity index (χ3v) is 5.64. The molecule has 1 aromatic carbocycles. The van der Waals surface area contributed by atoms with Gasteiger partial charge in [0.2, 0.25) is 15.9 Å². The van der Waals surface area contributed by atoms with Crippen LogP contribution >= 0.6 is 0 Å². The van der Waals surface area contributed by atoms with E-state index < -0.39 is 10.0 Å². The van der Waals surface area contributed by atoms with Gasteiger partial charge in [-0.15, -0.1) is 0 Å². The van der Waals surface area contributed by atoms with Crippen LogP contribution in [0.1, 0.15) is 25.6 Å². The number of nitrogens with two attached hydrogens (primary N) is 1. The van der Waals surface area contributed by atoms with Crippen molar-refractivity contribution < 1.29 is 13.2 Å². The lowest BCUT2D eigenvalue weighted by Gasteiger charge is -2.17. The number of imidazole rings is 1. The van der Waals surface area contributed by atoms with E-state index in [1.54, 1.807) is 4.90 Å². The first-order valence-electron chi connectivity index (χ1n) is 8.59. The maximum atomic E-state index is 12.5. The largest absolute Gasteiger partial charge is 0.342 e. The normalized spacial score (nSPS) is 18.2. The number of carbonyl (C=O) groups excluding carboxylic acids is 1. The minimum Gasteiger partial charge on any atom is -0.342 e. The minimum absolute atomic E-state index is 0.0525. The van der Waals surface area contributed by atoms with Crippen molar-refractivity contribution in [1.29, 1.82) is 0 Å². The number of fused-ring (bicyclic) bond motifs is 1. The van der Waals surface area contributed by atoms with E-state index in [0.29, 0.717) is 32.5 Å². The van der Waals surface area contributed by atoms with E-state index in [1.165, 1.54) is 0 Å². The quantitative estimate of drug-likeness (QED) is 0.830. The molecule has 25 heavy (non-hydrogen) atoms. The van der Waals surface area contributed by atoms with E-state index in [9.17, 15) is 13.2 Å². The summed E-state index contributed by atoms with van der Waals surface area (Å²) < 4.78 is 24.5. The number of amides is 1. The number of rotatable bonds is 6. The van der Waals surface area contributed by atoms with Gasteiger partial charge in [0, 0.05) is 32.5 Å². The number of hydrogen-bond donors (Lipinski definition) is 1. The monoisotopic (exact) mass is 364 g/mol. The van der Waals surface area contributed by atoms with Crippen LogP contribution in [0, 0.1) is 5.92 Å². The number of nitrogens with zero attached hydrogens (tertiary/aromatic N) is 3. The van der Waals surface area contributed by atoms with Crippen molar-refractivity contribution in [2.24, 2.45) is 11.1 Å². The molecule has 0 radical (unpaired) electrons. The van der Waals surface area contributed by atoms with Crippen LogP contribution in [0.5, 0.6) is 0 Å². The zero-order valence-corrected chi connectivity index (χ0v) is 15.2. The lowest BCUT2D eigenvalue weighted by atomic mass is 10.2. The highest BCUT2D eigenvalue weighted by molar-refractivity contribution is 7.89. The third-order valence-electron chi connectivity index (χ3n) is 4.71. The van der Waals surface area contributed by atoms with Crippen molar-refractivity contribution in [1.82, 2.24) is 14.5 Å². The molecular formula is C17H24N4O3S. The molecule has 1 saturated heterocycles. The average Bonchev–Trinajstić information content (AvgIpc) is 3.15. The highest BCUT2D eigenvalue weighted by Gasteiger charge is 2.28. The van der Waals surface area contributed by atoms with E-state index >= 15 is 0 Å². The number of benzene rings is 1. The van der Waals surface area contributed by atoms with Gasteiger partial charge >= 0.3 is 0 Å². The number of aromatic nitrogens is 2. The Morgan fingerprint density at radius 3 is 2.84 bits per heavy atom. The maximum absolute atomic E-state index is 12.5. The van der Waals surface area contributed by atoms with Crippen LogP contribution in [0.4, 0.5) is 0 Å². The Bertz CT molecular complexity index is 875. The molecule has 0 bridgehead atoms. The van der Waals surface area contributed by atoms with Crippen molar-refractivity contribution in [3.8, 4) is 0 Å². The van der Waals surface area contributed by atoms with Gasteiger partial charge in [-0.25, -0.2) is 18.5 Å². The molecule has 2 heterocycles. The van der Waals surface area contributed by atoms with Gasteiger partial charge in [0.05, 0.1) is 16.8 Å². The van der Waals surface area contributed by atoms with Crippen molar-refractivity contribution in [2.45, 2.75) is 32.7 Å². The summed E-state index contributed by atoms with van der Waals surface area (Å²) in [6, 6.07) is 7.93. The summed E-state index contributed by atoms with van der Waals surface area (Å²) in [6.07, 6.45) is 1.88. The topological polar surface area (TPSA) is 98.3 Å². The van der Waals surface area contributed by atoms with Gasteiger partial charge in [-0.3, -0.25) is 4.79 Å². The summed E-state index contributed by atoms with van der Waals surface area (Å²) in [7, 11) is -3.49. The highest BCUT2D eigenvalue weighted by atomic mass is 32.2. The average molecular weight is 364 g/mol. The molecule has 3 rings (SSSR count). The number of carbonyl (C=O) groups is 1. The first kappa shape index (κ1) is 17.9. The van der Waals surface area contributed by atoms with Crippen LogP contribution in [0.2, 0.25) is 0 Å². The second-order valence-electron chi connectivity index (χ2n) is 6.60. The molecule has 0 aliphatic carbocycles. The highest BCUT2D eigenvalue weighted by Crippen LogP contribution is 2.20. The van der Waals surface area contributed by atoms with Gasteiger partial charge in [0.25, 0.3) is 0 Å². The summed E-state index contributed by atoms with van der Waals surface area (Å²) in [5.41, 5.74) is 1.99. The molecule has 8 heteroatoms. The summed E-state index contributed by atoms with van der Waals surface area (Å²) in [5.74, 6) is 0.918. The van der Waals surface area contributed by atoms with Gasteiger partial charge < -0.3 is 9.47 Å². The van der Waals surface area contributed by atoms with Crippen LogP contribution in [-0.4, -0.2) is 47.6 Å². The number of likely N-dealkylation sites (tertiary alicyclic amines) is 1. The molecule has 0 spiro atoms. The Balaban J connectivity index is 1.64. The van der Waals surface area contributed by atoms with Crippen LogP contribution < -0.4 is 5.14 Å². The molecular weight excluding hydrogens is 340 g/mol. The van der Waals surface area contributed by atoms with Gasteiger partial charge in [-0.2, -0.15) is 0 Å². The SMILES string of the molecule is CCc1nc2ccccc2n1CCC(=O)N1CC[C@H](CS(N)(=O)=O)C1. The summed E-state index contributed by atoms with van der Waals surface area (Å²) in [4.78, 5) is 18.9. The fourth-order valence-corrected chi connectivity index (χ4v) is 4.46. The third kappa shape index (κ3) is 4.19. The molecule has 1 aliphatic heterocycles. The molecule has 136 valence electrons. The predicted molar refractivity (Wildman–Crippen MR) is 96.4 cm³/mol. The van der Waals surface area contributed by atoms with E-state index in [0.717, 1.165) is 23.3 Å². The molecule has 1 aliphatic rings. The first-order valence-corrected chi connectivity index (χ1v) is 10.3. The summed E-state index contributed by atoms with van der Waals surface area (Å²) >= 11 is 0. The standard InChI is InChI=1S/C17H24N4O3S/c1-2-16-19-14-5-3-4-6-15(14)21(16)10-8-17(22)20-9-7-13(11-20)12-25(18,23)24/h3-6,13H,2,7-12H2,1H3,(H2,18,23,24)/t13-/m0/s1. The Hall–Kier alpha value is -1.93. The molecule has 1 fully saturated rings. The van der Waals surface area contributed by atoms with Crippen LogP contribution in [0.3, 0.4) is 0 Å². The molecule has 0 saturated carbocycles. The van der Waals surface area contributed by atoms with Gasteiger partial charge in [0.1, 0.15) is 5.82 Å². The number of hydrogen-bond acceptors (Lipinski definition) is 4. The fourth-order valence-electron chi connectivity index (χ4n) is 3.53.